The Kier molecular flexibility index (Phi) is 7.37. The van der Waals surface area contributed by atoms with Crippen LogP contribution in [0.5, 0.6) is 0 Å². The molecule has 2 aliphatic carbocycles. The third kappa shape index (κ3) is 5.93. The summed E-state index contributed by atoms with van der Waals surface area (Å²) in [6.45, 7) is 5.12. The predicted octanol–water partition coefficient (Wildman–Crippen LogP) is 4.00. The Hall–Kier alpha value is -3.88. The largest absolute Gasteiger partial charge is 0.390 e. The van der Waals surface area contributed by atoms with Gasteiger partial charge in [-0.3, -0.25) is 4.68 Å². The van der Waals surface area contributed by atoms with E-state index in [0.29, 0.717) is 49.1 Å². The molecule has 3 N–H and O–H groups in total. The molecule has 3 aliphatic rings. The van der Waals surface area contributed by atoms with E-state index in [9.17, 15) is 13.5 Å². The minimum absolute atomic E-state index is 0.249. The minimum Gasteiger partial charge on any atom is -0.390 e. The maximum atomic E-state index is 12.6. The first-order valence-corrected chi connectivity index (χ1v) is 16.7. The summed E-state index contributed by atoms with van der Waals surface area (Å²) in [5, 5.41) is 26.1. The normalized spacial score (nSPS) is 21.2. The van der Waals surface area contributed by atoms with Gasteiger partial charge in [0.2, 0.25) is 0 Å². The number of aliphatic hydroxyl groups is 1. The molecule has 0 aromatic carbocycles. The molecule has 3 fully saturated rings. The second kappa shape index (κ2) is 11.2. The molecule has 14 heteroatoms. The van der Waals surface area contributed by atoms with Crippen molar-refractivity contribution in [1.82, 2.24) is 33.9 Å². The van der Waals surface area contributed by atoms with E-state index >= 15 is 0 Å². The molecule has 44 heavy (non-hydrogen) atoms. The summed E-state index contributed by atoms with van der Waals surface area (Å²) in [5.74, 6) is 1.74. The average molecular weight is 620 g/mol. The van der Waals surface area contributed by atoms with Gasteiger partial charge in [0.15, 0.2) is 5.82 Å². The van der Waals surface area contributed by atoms with Crippen molar-refractivity contribution in [2.45, 2.75) is 75.3 Å². The molecular formula is C30H37N9O4S. The monoisotopic (exact) mass is 619 g/mol. The molecule has 1 aliphatic heterocycles. The van der Waals surface area contributed by atoms with Gasteiger partial charge in [-0.05, 0) is 70.4 Å². The molecule has 1 saturated heterocycles. The molecule has 0 atom stereocenters. The van der Waals surface area contributed by atoms with Crippen molar-refractivity contribution in [3.8, 4) is 22.6 Å². The smallest absolute Gasteiger partial charge is 0.256 e. The maximum Gasteiger partial charge on any atom is 0.256 e. The van der Waals surface area contributed by atoms with Crippen molar-refractivity contribution in [2.24, 2.45) is 5.92 Å². The van der Waals surface area contributed by atoms with Gasteiger partial charge < -0.3 is 20.5 Å². The summed E-state index contributed by atoms with van der Waals surface area (Å²) in [6.07, 6.45) is 13.5. The number of hydrogen-bond acceptors (Lipinski definition) is 11. The summed E-state index contributed by atoms with van der Waals surface area (Å²) in [6, 6.07) is 6.19. The summed E-state index contributed by atoms with van der Waals surface area (Å²) < 4.78 is 33.5. The van der Waals surface area contributed by atoms with Gasteiger partial charge in [0.25, 0.3) is 10.0 Å². The molecule has 0 bridgehead atoms. The lowest BCUT2D eigenvalue weighted by Gasteiger charge is -2.36. The van der Waals surface area contributed by atoms with E-state index < -0.39 is 15.6 Å². The third-order valence-electron chi connectivity index (χ3n) is 8.81. The number of nitrogens with zero attached hydrogens (tertiary/aromatic N) is 7. The predicted molar refractivity (Wildman–Crippen MR) is 165 cm³/mol. The summed E-state index contributed by atoms with van der Waals surface area (Å²) in [7, 11) is -3.48. The second-order valence-electron chi connectivity index (χ2n) is 12.6. The highest BCUT2D eigenvalue weighted by molar-refractivity contribution is 7.90. The highest BCUT2D eigenvalue weighted by Crippen LogP contribution is 2.36. The molecule has 232 valence electrons. The number of aromatic nitrogens is 7. The molecule has 5 heterocycles. The van der Waals surface area contributed by atoms with Crippen molar-refractivity contribution >= 4 is 27.3 Å². The lowest BCUT2D eigenvalue weighted by molar-refractivity contribution is -0.0285. The van der Waals surface area contributed by atoms with Crippen molar-refractivity contribution in [3.63, 3.8) is 0 Å². The van der Waals surface area contributed by atoms with Gasteiger partial charge in [-0.1, -0.05) is 0 Å². The molecule has 13 nitrogen and oxygen atoms in total. The van der Waals surface area contributed by atoms with Gasteiger partial charge in [0.1, 0.15) is 11.6 Å². The van der Waals surface area contributed by atoms with Gasteiger partial charge in [0.05, 0.1) is 53.8 Å². The van der Waals surface area contributed by atoms with Crippen LogP contribution in [0.4, 0.5) is 17.3 Å². The van der Waals surface area contributed by atoms with Gasteiger partial charge in [-0.15, -0.1) is 0 Å². The van der Waals surface area contributed by atoms with Crippen LogP contribution in [0.1, 0.15) is 58.4 Å². The van der Waals surface area contributed by atoms with E-state index in [-0.39, 0.29) is 23.3 Å². The molecule has 4 aromatic heterocycles. The van der Waals surface area contributed by atoms with Gasteiger partial charge in [0, 0.05) is 41.9 Å². The SMILES string of the molecule is CC(C)(O)C1CCC(Nc2cc(Nc3ccnc(-c4cnn(S(=O)(=O)C5CC5)c4)n3)ncc2-c2ccn(C3COC3)n2)CC1. The fourth-order valence-electron chi connectivity index (χ4n) is 5.85. The van der Waals surface area contributed by atoms with E-state index in [4.69, 9.17) is 9.84 Å². The molecule has 4 aromatic rings. The standard InChI is InChI=1S/C30H37N9O4S/c1-30(2,40)20-3-5-21(6-4-20)34-26-13-28(32-15-24(26)25-10-12-38(37-25)22-17-43-18-22)35-27-9-11-31-29(36-27)19-14-33-39(16-19)44(41,42)23-7-8-23/h9-16,20-23,40H,3-8,17-18H2,1-2H3,(H2,31,32,34,35,36). The molecule has 2 saturated carbocycles. The van der Waals surface area contributed by atoms with Crippen LogP contribution < -0.4 is 10.6 Å². The van der Waals surface area contributed by atoms with E-state index in [0.717, 1.165) is 46.7 Å². The zero-order chi connectivity index (χ0) is 30.5. The Balaban J connectivity index is 1.13. The molecule has 0 amide bonds. The topological polar surface area (TPSA) is 162 Å². The number of anilines is 3. The first-order valence-electron chi connectivity index (χ1n) is 15.2. The molecule has 0 spiro atoms. The fraction of sp³-hybridized carbons (Fsp3) is 0.500. The molecule has 0 radical (unpaired) electrons. The number of rotatable bonds is 10. The number of pyridine rings is 1. The maximum absolute atomic E-state index is 12.6. The summed E-state index contributed by atoms with van der Waals surface area (Å²) in [4.78, 5) is 13.6. The van der Waals surface area contributed by atoms with Crippen molar-refractivity contribution < 1.29 is 18.3 Å². The lowest BCUT2D eigenvalue weighted by Crippen LogP contribution is -2.37. The van der Waals surface area contributed by atoms with Crippen LogP contribution >= 0.6 is 0 Å². The van der Waals surface area contributed by atoms with Crippen molar-refractivity contribution in [3.05, 3.63) is 49.2 Å². The number of nitrogens with one attached hydrogen (secondary N) is 2. The van der Waals surface area contributed by atoms with Crippen LogP contribution in [0, 0.1) is 5.92 Å². The number of ether oxygens (including phenoxy) is 1. The second-order valence-corrected chi connectivity index (χ2v) is 14.6. The third-order valence-corrected chi connectivity index (χ3v) is 10.8. The fourth-order valence-corrected chi connectivity index (χ4v) is 7.33. The van der Waals surface area contributed by atoms with Crippen molar-refractivity contribution in [2.75, 3.05) is 23.8 Å². The van der Waals surface area contributed by atoms with Crippen LogP contribution in [-0.2, 0) is 14.8 Å². The first kappa shape index (κ1) is 28.9. The van der Waals surface area contributed by atoms with E-state index in [1.165, 1.54) is 12.4 Å². The Morgan fingerprint density at radius 2 is 1.82 bits per heavy atom. The van der Waals surface area contributed by atoms with Crippen LogP contribution in [-0.4, -0.2) is 77.5 Å². The van der Waals surface area contributed by atoms with E-state index in [1.807, 2.05) is 43.1 Å². The highest BCUT2D eigenvalue weighted by atomic mass is 32.2. The van der Waals surface area contributed by atoms with Crippen molar-refractivity contribution in [1.29, 1.82) is 0 Å². The molecule has 0 unspecified atom stereocenters. The Morgan fingerprint density at radius 3 is 2.52 bits per heavy atom. The van der Waals surface area contributed by atoms with Gasteiger partial charge >= 0.3 is 0 Å². The summed E-state index contributed by atoms with van der Waals surface area (Å²) >= 11 is 0. The van der Waals surface area contributed by atoms with Crippen LogP contribution in [0.15, 0.2) is 49.2 Å². The average Bonchev–Trinajstić information content (AvgIpc) is 3.53. The zero-order valence-electron chi connectivity index (χ0n) is 24.8. The Bertz CT molecular complexity index is 1750. The van der Waals surface area contributed by atoms with Crippen LogP contribution in [0.3, 0.4) is 0 Å². The van der Waals surface area contributed by atoms with Crippen LogP contribution in [0.25, 0.3) is 22.6 Å². The first-order chi connectivity index (χ1) is 21.1. The molecule has 7 rings (SSSR count). The minimum atomic E-state index is -3.48. The quantitative estimate of drug-likeness (QED) is 0.235. The number of hydrogen-bond donors (Lipinski definition) is 3. The molecular weight excluding hydrogens is 582 g/mol. The van der Waals surface area contributed by atoms with E-state index in [1.54, 1.807) is 12.3 Å². The highest BCUT2D eigenvalue weighted by Gasteiger charge is 2.38. The van der Waals surface area contributed by atoms with E-state index in [2.05, 4.69) is 30.7 Å². The Morgan fingerprint density at radius 1 is 1.02 bits per heavy atom. The lowest BCUT2D eigenvalue weighted by atomic mass is 9.77. The summed E-state index contributed by atoms with van der Waals surface area (Å²) in [5.41, 5.74) is 2.46. The zero-order valence-corrected chi connectivity index (χ0v) is 25.6. The van der Waals surface area contributed by atoms with Gasteiger partial charge in [-0.2, -0.15) is 14.3 Å². The Labute approximate surface area is 256 Å². The van der Waals surface area contributed by atoms with Gasteiger partial charge in [-0.25, -0.2) is 23.4 Å². The van der Waals surface area contributed by atoms with Crippen LogP contribution in [0.2, 0.25) is 0 Å².